The number of benzene rings is 2. The van der Waals surface area contributed by atoms with Gasteiger partial charge in [-0.2, -0.15) is 0 Å². The van der Waals surface area contributed by atoms with Crippen LogP contribution in [0.5, 0.6) is 0 Å². The number of hydrogen-bond acceptors (Lipinski definition) is 5. The number of hydrogen-bond donors (Lipinski definition) is 1. The lowest BCUT2D eigenvalue weighted by atomic mass is 10.1. The first kappa shape index (κ1) is 18.4. The molecule has 1 amide bonds. The minimum Gasteiger partial charge on any atom is -0.475 e. The van der Waals surface area contributed by atoms with Gasteiger partial charge >= 0.3 is 5.97 Å². The van der Waals surface area contributed by atoms with E-state index in [2.05, 4.69) is 15.0 Å². The topological polar surface area (TPSA) is 91.6 Å². The lowest BCUT2D eigenvalue weighted by Crippen LogP contribution is -2.44. The third kappa shape index (κ3) is 3.01. The number of amides is 1. The molecule has 5 rings (SSSR count). The third-order valence-corrected chi connectivity index (χ3v) is 5.65. The summed E-state index contributed by atoms with van der Waals surface area (Å²) >= 11 is 0. The van der Waals surface area contributed by atoms with Gasteiger partial charge in [-0.25, -0.2) is 14.5 Å². The van der Waals surface area contributed by atoms with Crippen LogP contribution < -0.4 is 9.80 Å². The number of likely N-dealkylation sites (N-methyl/N-ethyl adjacent to an activating group) is 1. The normalized spacial score (nSPS) is 16.0. The Bertz CT molecular complexity index is 1160. The van der Waals surface area contributed by atoms with E-state index >= 15 is 0 Å². The summed E-state index contributed by atoms with van der Waals surface area (Å²) in [5.74, 6) is -0.910. The second kappa shape index (κ2) is 6.69. The van der Waals surface area contributed by atoms with Gasteiger partial charge in [0.25, 0.3) is 5.82 Å². The third-order valence-electron chi connectivity index (χ3n) is 5.65. The average molecular weight is 403 g/mol. The summed E-state index contributed by atoms with van der Waals surface area (Å²) < 4.78 is 1.56. The number of aromatic carboxylic acids is 1. The van der Waals surface area contributed by atoms with Gasteiger partial charge in [0, 0.05) is 18.7 Å². The van der Waals surface area contributed by atoms with Gasteiger partial charge in [0.2, 0.25) is 5.91 Å². The summed E-state index contributed by atoms with van der Waals surface area (Å²) in [5, 5.41) is 13.7. The molecule has 152 valence electrons. The Hall–Kier alpha value is -3.68. The van der Waals surface area contributed by atoms with E-state index in [0.29, 0.717) is 18.4 Å². The van der Waals surface area contributed by atoms with Crippen molar-refractivity contribution in [3.8, 4) is 17.1 Å². The smallest absolute Gasteiger partial charge is 0.375 e. The molecule has 2 aliphatic rings. The number of aryl methyl sites for hydroxylation is 1. The lowest BCUT2D eigenvalue weighted by Gasteiger charge is -2.36. The van der Waals surface area contributed by atoms with E-state index in [9.17, 15) is 14.7 Å². The molecule has 2 heterocycles. The first-order chi connectivity index (χ1) is 14.4. The fourth-order valence-corrected chi connectivity index (χ4v) is 3.82. The van der Waals surface area contributed by atoms with Crippen molar-refractivity contribution in [1.82, 2.24) is 14.8 Å². The molecule has 0 saturated heterocycles. The largest absolute Gasteiger partial charge is 0.475 e. The Kier molecular flexibility index (Phi) is 4.09. The highest BCUT2D eigenvalue weighted by Gasteiger charge is 2.37. The number of carbonyl (C=O) groups excluding carboxylic acids is 1. The van der Waals surface area contributed by atoms with Crippen LogP contribution in [-0.2, 0) is 4.79 Å². The molecule has 1 N–H and O–H groups in total. The van der Waals surface area contributed by atoms with E-state index in [-0.39, 0.29) is 11.7 Å². The van der Waals surface area contributed by atoms with E-state index in [4.69, 9.17) is 0 Å². The van der Waals surface area contributed by atoms with E-state index < -0.39 is 5.97 Å². The fraction of sp³-hybridized carbons (Fsp3) is 0.273. The van der Waals surface area contributed by atoms with Crippen LogP contribution in [0.15, 0.2) is 42.5 Å². The molecule has 0 spiro atoms. The SMILES string of the molecule is Cc1ccc(-n2nc(C(=O)O)nc2-c2ccc3c(c2)N(C2CC2)CC(=O)N3C)cc1. The van der Waals surface area contributed by atoms with Crippen molar-refractivity contribution in [2.75, 3.05) is 23.4 Å². The molecule has 0 unspecified atom stereocenters. The number of carbonyl (C=O) groups is 2. The quantitative estimate of drug-likeness (QED) is 0.720. The van der Waals surface area contributed by atoms with Gasteiger partial charge in [-0.05, 0) is 50.1 Å². The van der Waals surface area contributed by atoms with Crippen LogP contribution in [0.1, 0.15) is 29.0 Å². The van der Waals surface area contributed by atoms with Crippen molar-refractivity contribution in [3.63, 3.8) is 0 Å². The van der Waals surface area contributed by atoms with Crippen molar-refractivity contribution < 1.29 is 14.7 Å². The summed E-state index contributed by atoms with van der Waals surface area (Å²) in [6.45, 7) is 2.34. The van der Waals surface area contributed by atoms with Crippen molar-refractivity contribution in [2.24, 2.45) is 0 Å². The number of carboxylic acids is 1. The number of anilines is 2. The number of nitrogens with zero attached hydrogens (tertiary/aromatic N) is 5. The Morgan fingerprint density at radius 1 is 1.10 bits per heavy atom. The first-order valence-corrected chi connectivity index (χ1v) is 9.87. The van der Waals surface area contributed by atoms with E-state index in [1.165, 1.54) is 0 Å². The second-order valence-electron chi connectivity index (χ2n) is 7.83. The lowest BCUT2D eigenvalue weighted by molar-refractivity contribution is -0.117. The molecule has 3 aromatic rings. The van der Waals surface area contributed by atoms with Crippen LogP contribution in [0.25, 0.3) is 17.1 Å². The first-order valence-electron chi connectivity index (χ1n) is 9.87. The predicted molar refractivity (Wildman–Crippen MR) is 112 cm³/mol. The standard InChI is InChI=1S/C22H21N5O3/c1-13-3-6-16(7-4-13)27-21(23-20(24-27)22(29)30)14-5-10-17-18(11-14)26(15-8-9-15)12-19(28)25(17)2/h3-7,10-11,15H,8-9,12H2,1-2H3,(H,29,30). The maximum atomic E-state index is 12.4. The van der Waals surface area contributed by atoms with Crippen LogP contribution >= 0.6 is 0 Å². The van der Waals surface area contributed by atoms with Crippen LogP contribution in [0, 0.1) is 6.92 Å². The zero-order valence-electron chi connectivity index (χ0n) is 16.7. The monoisotopic (exact) mass is 403 g/mol. The highest BCUT2D eigenvalue weighted by molar-refractivity contribution is 6.03. The maximum Gasteiger partial charge on any atom is 0.375 e. The van der Waals surface area contributed by atoms with E-state index in [0.717, 1.165) is 41.0 Å². The Labute approximate surface area is 173 Å². The van der Waals surface area contributed by atoms with Gasteiger partial charge < -0.3 is 14.9 Å². The molecule has 1 aliphatic heterocycles. The maximum absolute atomic E-state index is 12.4. The molecule has 8 nitrogen and oxygen atoms in total. The summed E-state index contributed by atoms with van der Waals surface area (Å²) in [7, 11) is 1.78. The van der Waals surface area contributed by atoms with Crippen LogP contribution in [0.2, 0.25) is 0 Å². The molecule has 2 aromatic carbocycles. The van der Waals surface area contributed by atoms with Gasteiger partial charge in [-0.1, -0.05) is 17.7 Å². The number of rotatable bonds is 4. The number of fused-ring (bicyclic) bond motifs is 1. The molecule has 1 aromatic heterocycles. The van der Waals surface area contributed by atoms with Gasteiger partial charge in [-0.15, -0.1) is 5.10 Å². The summed E-state index contributed by atoms with van der Waals surface area (Å²) in [5.41, 5.74) is 4.40. The molecular formula is C22H21N5O3. The minimum atomic E-state index is -1.18. The van der Waals surface area contributed by atoms with Crippen LogP contribution in [0.3, 0.4) is 0 Å². The van der Waals surface area contributed by atoms with E-state index in [1.807, 2.05) is 49.4 Å². The van der Waals surface area contributed by atoms with E-state index in [1.54, 1.807) is 16.6 Å². The van der Waals surface area contributed by atoms with Crippen molar-refractivity contribution >= 4 is 23.3 Å². The van der Waals surface area contributed by atoms with Gasteiger partial charge in [-0.3, -0.25) is 4.79 Å². The summed E-state index contributed by atoms with van der Waals surface area (Å²) in [6, 6.07) is 13.8. The summed E-state index contributed by atoms with van der Waals surface area (Å²) in [4.78, 5) is 32.1. The minimum absolute atomic E-state index is 0.0677. The molecule has 0 bridgehead atoms. The van der Waals surface area contributed by atoms with Crippen LogP contribution in [-0.4, -0.2) is 51.4 Å². The van der Waals surface area contributed by atoms with Crippen LogP contribution in [0.4, 0.5) is 11.4 Å². The molecule has 1 fully saturated rings. The molecule has 0 radical (unpaired) electrons. The molecule has 1 saturated carbocycles. The molecular weight excluding hydrogens is 382 g/mol. The molecule has 8 heteroatoms. The highest BCUT2D eigenvalue weighted by Crippen LogP contribution is 2.41. The zero-order valence-corrected chi connectivity index (χ0v) is 16.7. The van der Waals surface area contributed by atoms with Crippen molar-refractivity contribution in [1.29, 1.82) is 0 Å². The van der Waals surface area contributed by atoms with Gasteiger partial charge in [0.1, 0.15) is 0 Å². The van der Waals surface area contributed by atoms with Crippen molar-refractivity contribution in [2.45, 2.75) is 25.8 Å². The predicted octanol–water partition coefficient (Wildman–Crippen LogP) is 2.89. The average Bonchev–Trinajstić information content (AvgIpc) is 3.48. The van der Waals surface area contributed by atoms with Crippen molar-refractivity contribution in [3.05, 3.63) is 53.9 Å². The Morgan fingerprint density at radius 2 is 1.83 bits per heavy atom. The molecule has 1 aliphatic carbocycles. The number of aromatic nitrogens is 3. The number of carboxylic acid groups (broad SMARTS) is 1. The molecule has 30 heavy (non-hydrogen) atoms. The second-order valence-corrected chi connectivity index (χ2v) is 7.83. The Balaban J connectivity index is 1.66. The fourth-order valence-electron chi connectivity index (χ4n) is 3.82. The summed E-state index contributed by atoms with van der Waals surface area (Å²) in [6.07, 6.45) is 2.15. The highest BCUT2D eigenvalue weighted by atomic mass is 16.4. The van der Waals surface area contributed by atoms with Gasteiger partial charge in [0.15, 0.2) is 5.82 Å². The van der Waals surface area contributed by atoms with Gasteiger partial charge in [0.05, 0.1) is 23.6 Å². The Morgan fingerprint density at radius 3 is 2.50 bits per heavy atom. The molecule has 0 atom stereocenters. The zero-order chi connectivity index (χ0) is 21.0.